The first kappa shape index (κ1) is 12.1. The Morgan fingerprint density at radius 3 is 2.41 bits per heavy atom. The quantitative estimate of drug-likeness (QED) is 0.585. The van der Waals surface area contributed by atoms with E-state index in [0.717, 1.165) is 18.9 Å². The van der Waals surface area contributed by atoms with Gasteiger partial charge in [-0.25, -0.2) is 4.39 Å². The largest absolute Gasteiger partial charge is 0.419 e. The predicted molar refractivity (Wildman–Crippen MR) is 53.1 cm³/mol. The third-order valence-corrected chi connectivity index (χ3v) is 2.77. The van der Waals surface area contributed by atoms with Crippen molar-refractivity contribution in [1.82, 2.24) is 0 Å². The second-order valence-corrected chi connectivity index (χ2v) is 4.26. The van der Waals surface area contributed by atoms with Crippen LogP contribution in [0.15, 0.2) is 18.2 Å². The van der Waals surface area contributed by atoms with Crippen LogP contribution >= 0.6 is 0 Å². The normalized spacial score (nSPS) is 16.0. The number of rotatable bonds is 3. The molecule has 1 nitrogen and oxygen atoms in total. The molecule has 92 valence electrons. The molecule has 0 unspecified atom stereocenters. The van der Waals surface area contributed by atoms with Crippen LogP contribution in [-0.4, -0.2) is 5.78 Å². The lowest BCUT2D eigenvalue weighted by Crippen LogP contribution is -2.10. The molecule has 0 radical (unpaired) electrons. The summed E-state index contributed by atoms with van der Waals surface area (Å²) in [5.74, 6) is -1.35. The maximum atomic E-state index is 13.2. The summed E-state index contributed by atoms with van der Waals surface area (Å²) in [7, 11) is 0. The Balaban J connectivity index is 2.20. The van der Waals surface area contributed by atoms with Crippen LogP contribution in [0.25, 0.3) is 0 Å². The van der Waals surface area contributed by atoms with Gasteiger partial charge >= 0.3 is 6.18 Å². The second kappa shape index (κ2) is 4.13. The summed E-state index contributed by atoms with van der Waals surface area (Å²) < 4.78 is 50.0. The maximum Gasteiger partial charge on any atom is 0.419 e. The van der Waals surface area contributed by atoms with Crippen molar-refractivity contribution >= 4 is 5.78 Å². The number of Topliss-reactive ketones (excluding diaryl/α,β-unsaturated/α-hetero) is 1. The third-order valence-electron chi connectivity index (χ3n) is 2.77. The van der Waals surface area contributed by atoms with Crippen LogP contribution in [0.1, 0.15) is 35.2 Å². The van der Waals surface area contributed by atoms with E-state index in [1.807, 2.05) is 0 Å². The fraction of sp³-hybridized carbons (Fsp3) is 0.417. The highest BCUT2D eigenvalue weighted by Crippen LogP contribution is 2.35. The molecule has 2 rings (SSSR count). The molecule has 0 amide bonds. The summed E-state index contributed by atoms with van der Waals surface area (Å²) in [4.78, 5) is 11.6. The zero-order valence-electron chi connectivity index (χ0n) is 8.85. The van der Waals surface area contributed by atoms with Crippen molar-refractivity contribution in [2.24, 2.45) is 5.92 Å². The molecular formula is C12H10F4O. The fourth-order valence-electron chi connectivity index (χ4n) is 1.62. The molecule has 0 atom stereocenters. The van der Waals surface area contributed by atoms with Gasteiger partial charge in [0, 0.05) is 12.0 Å². The van der Waals surface area contributed by atoms with E-state index < -0.39 is 17.6 Å². The number of carbonyl (C=O) groups is 1. The number of benzene rings is 1. The minimum absolute atomic E-state index is 0.0161. The second-order valence-electron chi connectivity index (χ2n) is 4.26. The number of carbonyl (C=O) groups excluding carboxylic acids is 1. The summed E-state index contributed by atoms with van der Waals surface area (Å²) in [6.07, 6.45) is -2.49. The molecule has 1 fully saturated rings. The molecule has 0 spiro atoms. The van der Waals surface area contributed by atoms with Crippen LogP contribution in [0, 0.1) is 11.7 Å². The first-order chi connectivity index (χ1) is 7.88. The zero-order chi connectivity index (χ0) is 12.6. The highest BCUT2D eigenvalue weighted by Gasteiger charge is 2.34. The molecule has 0 saturated heterocycles. The molecular weight excluding hydrogens is 236 g/mol. The van der Waals surface area contributed by atoms with Gasteiger partial charge in [-0.05, 0) is 30.9 Å². The van der Waals surface area contributed by atoms with Gasteiger partial charge in [-0.1, -0.05) is 6.07 Å². The van der Waals surface area contributed by atoms with E-state index in [1.165, 1.54) is 0 Å². The van der Waals surface area contributed by atoms with Gasteiger partial charge in [0.25, 0.3) is 0 Å². The minimum atomic E-state index is -4.72. The zero-order valence-corrected chi connectivity index (χ0v) is 8.85. The summed E-state index contributed by atoms with van der Waals surface area (Å²) in [6.45, 7) is 0. The number of ketones is 1. The first-order valence-electron chi connectivity index (χ1n) is 5.28. The van der Waals surface area contributed by atoms with Crippen LogP contribution in [0.3, 0.4) is 0 Å². The molecule has 1 saturated carbocycles. The first-order valence-corrected chi connectivity index (χ1v) is 5.28. The van der Waals surface area contributed by atoms with Gasteiger partial charge in [0.1, 0.15) is 5.82 Å². The van der Waals surface area contributed by atoms with Gasteiger partial charge in [-0.3, -0.25) is 4.79 Å². The molecule has 0 aromatic heterocycles. The molecule has 1 aliphatic rings. The van der Waals surface area contributed by atoms with E-state index in [0.29, 0.717) is 24.5 Å². The van der Waals surface area contributed by atoms with E-state index in [2.05, 4.69) is 0 Å². The van der Waals surface area contributed by atoms with Crippen LogP contribution in [0.4, 0.5) is 17.6 Å². The Bertz CT molecular complexity index is 446. The monoisotopic (exact) mass is 246 g/mol. The summed E-state index contributed by atoms with van der Waals surface area (Å²) in [6, 6.07) is 2.33. The lowest BCUT2D eigenvalue weighted by atomic mass is 10.0. The molecule has 5 heteroatoms. The average molecular weight is 246 g/mol. The van der Waals surface area contributed by atoms with Gasteiger partial charge < -0.3 is 0 Å². The Hall–Kier alpha value is -1.39. The fourth-order valence-corrected chi connectivity index (χ4v) is 1.62. The Kier molecular flexibility index (Phi) is 2.93. The molecule has 1 aromatic carbocycles. The number of hydrogen-bond acceptors (Lipinski definition) is 1. The van der Waals surface area contributed by atoms with E-state index in [4.69, 9.17) is 0 Å². The van der Waals surface area contributed by atoms with Crippen molar-refractivity contribution < 1.29 is 22.4 Å². The van der Waals surface area contributed by atoms with Gasteiger partial charge in [-0.15, -0.1) is 0 Å². The summed E-state index contributed by atoms with van der Waals surface area (Å²) >= 11 is 0. The van der Waals surface area contributed by atoms with Crippen molar-refractivity contribution in [2.75, 3.05) is 0 Å². The van der Waals surface area contributed by atoms with Crippen LogP contribution < -0.4 is 0 Å². The number of alkyl halides is 3. The molecule has 0 aliphatic heterocycles. The third kappa shape index (κ3) is 2.84. The molecule has 1 aromatic rings. The topological polar surface area (TPSA) is 17.1 Å². The number of hydrogen-bond donors (Lipinski definition) is 0. The van der Waals surface area contributed by atoms with Gasteiger partial charge in [0.05, 0.1) is 5.56 Å². The van der Waals surface area contributed by atoms with Gasteiger partial charge in [0.2, 0.25) is 0 Å². The highest BCUT2D eigenvalue weighted by molar-refractivity contribution is 5.96. The van der Waals surface area contributed by atoms with Crippen molar-refractivity contribution in [3.8, 4) is 0 Å². The standard InChI is InChI=1S/C12H10F4O/c13-10-6-8(11(17)5-7-1-2-7)3-4-9(10)12(14,15)16/h3-4,6-7H,1-2,5H2. The maximum absolute atomic E-state index is 13.2. The average Bonchev–Trinajstić information content (AvgIpc) is 2.99. The Labute approximate surface area is 95.4 Å². The SMILES string of the molecule is O=C(CC1CC1)c1ccc(C(F)(F)F)c(F)c1. The van der Waals surface area contributed by atoms with Crippen LogP contribution in [0.5, 0.6) is 0 Å². The van der Waals surface area contributed by atoms with Crippen LogP contribution in [0.2, 0.25) is 0 Å². The van der Waals surface area contributed by atoms with E-state index in [1.54, 1.807) is 0 Å². The molecule has 0 N–H and O–H groups in total. The molecule has 1 aliphatic carbocycles. The van der Waals surface area contributed by atoms with Gasteiger partial charge in [0.15, 0.2) is 5.78 Å². The lowest BCUT2D eigenvalue weighted by molar-refractivity contribution is -0.140. The predicted octanol–water partition coefficient (Wildman–Crippen LogP) is 3.83. The molecule has 0 bridgehead atoms. The Morgan fingerprint density at radius 2 is 1.94 bits per heavy atom. The van der Waals surface area contributed by atoms with Crippen LogP contribution in [-0.2, 0) is 6.18 Å². The van der Waals surface area contributed by atoms with E-state index >= 15 is 0 Å². The number of halogens is 4. The molecule has 0 heterocycles. The van der Waals surface area contributed by atoms with Crippen molar-refractivity contribution in [3.63, 3.8) is 0 Å². The van der Waals surface area contributed by atoms with E-state index in [9.17, 15) is 22.4 Å². The van der Waals surface area contributed by atoms with Gasteiger partial charge in [-0.2, -0.15) is 13.2 Å². The summed E-state index contributed by atoms with van der Waals surface area (Å²) in [5, 5.41) is 0. The minimum Gasteiger partial charge on any atom is -0.294 e. The molecule has 17 heavy (non-hydrogen) atoms. The van der Waals surface area contributed by atoms with Crippen molar-refractivity contribution in [3.05, 3.63) is 35.1 Å². The smallest absolute Gasteiger partial charge is 0.294 e. The van der Waals surface area contributed by atoms with Crippen molar-refractivity contribution in [2.45, 2.75) is 25.4 Å². The Morgan fingerprint density at radius 1 is 1.29 bits per heavy atom. The lowest BCUT2D eigenvalue weighted by Gasteiger charge is -2.08. The van der Waals surface area contributed by atoms with Crippen molar-refractivity contribution in [1.29, 1.82) is 0 Å². The summed E-state index contributed by atoms with van der Waals surface area (Å²) in [5.41, 5.74) is -1.32. The highest BCUT2D eigenvalue weighted by atomic mass is 19.4. The van der Waals surface area contributed by atoms with E-state index in [-0.39, 0.29) is 11.3 Å².